The number of hydrogen-bond acceptors (Lipinski definition) is 3. The van der Waals surface area contributed by atoms with Gasteiger partial charge in [0, 0.05) is 6.42 Å². The van der Waals surface area contributed by atoms with Crippen LogP contribution in [0.2, 0.25) is 0 Å². The quantitative estimate of drug-likeness (QED) is 0.247. The van der Waals surface area contributed by atoms with Gasteiger partial charge in [0.2, 0.25) is 0 Å². The highest BCUT2D eigenvalue weighted by atomic mass is 17.2. The summed E-state index contributed by atoms with van der Waals surface area (Å²) in [5.41, 5.74) is 0. The summed E-state index contributed by atoms with van der Waals surface area (Å²) in [4.78, 5) is 20.5. The second-order valence-electron chi connectivity index (χ2n) is 3.78. The van der Waals surface area contributed by atoms with Gasteiger partial charge in [-0.15, -0.1) is 0 Å². The van der Waals surface area contributed by atoms with Crippen LogP contribution in [0, 0.1) is 0 Å². The van der Waals surface area contributed by atoms with Crippen molar-refractivity contribution in [1.82, 2.24) is 0 Å². The molecule has 0 atom stereocenters. The van der Waals surface area contributed by atoms with E-state index in [0.29, 0.717) is 13.0 Å². The molecule has 0 unspecified atom stereocenters. The largest absolute Gasteiger partial charge is 0.342 e. The van der Waals surface area contributed by atoms with Crippen LogP contribution in [0.5, 0.6) is 0 Å². The summed E-state index contributed by atoms with van der Waals surface area (Å²) in [6.07, 6.45) is 10.7. The Morgan fingerprint density at radius 3 is 2.50 bits per heavy atom. The Morgan fingerprint density at radius 1 is 1.06 bits per heavy atom. The molecule has 0 saturated carbocycles. The van der Waals surface area contributed by atoms with Gasteiger partial charge < -0.3 is 0 Å². The third-order valence-corrected chi connectivity index (χ3v) is 2.13. The zero-order chi connectivity index (χ0) is 12.1. The van der Waals surface area contributed by atoms with Gasteiger partial charge in [-0.2, -0.15) is 4.89 Å². The highest BCUT2D eigenvalue weighted by molar-refractivity contribution is 5.68. The number of carbonyl (C=O) groups is 1. The van der Waals surface area contributed by atoms with Crippen LogP contribution >= 0.6 is 0 Å². The lowest BCUT2D eigenvalue weighted by molar-refractivity contribution is -0.271. The van der Waals surface area contributed by atoms with Crippen LogP contribution in [0.15, 0.2) is 12.2 Å². The van der Waals surface area contributed by atoms with Crippen molar-refractivity contribution in [3.63, 3.8) is 0 Å². The first-order valence-electron chi connectivity index (χ1n) is 6.28. The van der Waals surface area contributed by atoms with Gasteiger partial charge in [0.15, 0.2) is 0 Å². The summed E-state index contributed by atoms with van der Waals surface area (Å²) in [5, 5.41) is 0. The summed E-state index contributed by atoms with van der Waals surface area (Å²) < 4.78 is 0. The molecule has 0 aliphatic heterocycles. The highest BCUT2D eigenvalue weighted by Crippen LogP contribution is 2.01. The zero-order valence-corrected chi connectivity index (χ0v) is 10.5. The van der Waals surface area contributed by atoms with Gasteiger partial charge >= 0.3 is 5.97 Å². The molecule has 0 aromatic rings. The van der Waals surface area contributed by atoms with Gasteiger partial charge in [0.05, 0.1) is 6.61 Å². The van der Waals surface area contributed by atoms with Crippen molar-refractivity contribution in [2.45, 2.75) is 58.8 Å². The van der Waals surface area contributed by atoms with E-state index < -0.39 is 0 Å². The van der Waals surface area contributed by atoms with Crippen molar-refractivity contribution in [3.8, 4) is 0 Å². The molecule has 0 radical (unpaired) electrons. The summed E-state index contributed by atoms with van der Waals surface area (Å²) in [6.45, 7) is 4.68. The normalized spacial score (nSPS) is 10.9. The molecule has 0 aliphatic rings. The van der Waals surface area contributed by atoms with E-state index in [0.717, 1.165) is 38.5 Å². The Morgan fingerprint density at radius 2 is 1.81 bits per heavy atom. The molecule has 3 nitrogen and oxygen atoms in total. The van der Waals surface area contributed by atoms with Gasteiger partial charge in [-0.05, 0) is 19.3 Å². The average Bonchev–Trinajstić information content (AvgIpc) is 2.28. The average molecular weight is 228 g/mol. The minimum Gasteiger partial charge on any atom is -0.298 e. The maximum Gasteiger partial charge on any atom is 0.342 e. The second-order valence-corrected chi connectivity index (χ2v) is 3.78. The lowest BCUT2D eigenvalue weighted by Gasteiger charge is -2.01. The van der Waals surface area contributed by atoms with Gasteiger partial charge in [0.1, 0.15) is 0 Å². The predicted molar refractivity (Wildman–Crippen MR) is 64.9 cm³/mol. The topological polar surface area (TPSA) is 35.5 Å². The van der Waals surface area contributed by atoms with Crippen LogP contribution in [0.25, 0.3) is 0 Å². The molecule has 0 N–H and O–H groups in total. The van der Waals surface area contributed by atoms with Crippen molar-refractivity contribution in [1.29, 1.82) is 0 Å². The van der Waals surface area contributed by atoms with Crippen LogP contribution in [-0.2, 0) is 14.6 Å². The zero-order valence-electron chi connectivity index (χ0n) is 10.5. The molecular formula is C13H24O3. The molecular weight excluding hydrogens is 204 g/mol. The van der Waals surface area contributed by atoms with Crippen molar-refractivity contribution in [3.05, 3.63) is 12.2 Å². The lowest BCUT2D eigenvalue weighted by atomic mass is 10.2. The van der Waals surface area contributed by atoms with Crippen molar-refractivity contribution >= 4 is 5.97 Å². The summed E-state index contributed by atoms with van der Waals surface area (Å²) >= 11 is 0. The van der Waals surface area contributed by atoms with Gasteiger partial charge in [-0.3, -0.25) is 4.89 Å². The maximum atomic E-state index is 11.1. The summed E-state index contributed by atoms with van der Waals surface area (Å²) in [7, 11) is 0. The number of carbonyl (C=O) groups excluding carboxylic acids is 1. The van der Waals surface area contributed by atoms with Crippen LogP contribution in [0.3, 0.4) is 0 Å². The minimum atomic E-state index is -0.258. The molecule has 0 rings (SSSR count). The van der Waals surface area contributed by atoms with Crippen LogP contribution in [0.4, 0.5) is 0 Å². The number of hydrogen-bond donors (Lipinski definition) is 0. The lowest BCUT2D eigenvalue weighted by Crippen LogP contribution is -2.05. The number of allylic oxidation sites excluding steroid dienone is 1. The highest BCUT2D eigenvalue weighted by Gasteiger charge is 2.02. The van der Waals surface area contributed by atoms with E-state index in [1.165, 1.54) is 0 Å². The molecule has 0 aromatic heterocycles. The Labute approximate surface area is 98.7 Å². The molecule has 0 amide bonds. The monoisotopic (exact) mass is 228 g/mol. The van der Waals surface area contributed by atoms with Gasteiger partial charge in [-0.25, -0.2) is 4.79 Å². The predicted octanol–water partition coefficient (Wildman–Crippen LogP) is 3.79. The molecule has 0 aliphatic carbocycles. The van der Waals surface area contributed by atoms with Gasteiger partial charge in [-0.1, -0.05) is 45.3 Å². The summed E-state index contributed by atoms with van der Waals surface area (Å²) in [5.74, 6) is -0.258. The van der Waals surface area contributed by atoms with E-state index in [1.807, 2.05) is 0 Å². The van der Waals surface area contributed by atoms with Crippen molar-refractivity contribution in [2.24, 2.45) is 0 Å². The van der Waals surface area contributed by atoms with E-state index in [9.17, 15) is 4.79 Å². The SMILES string of the molecule is CCC/C=C\CCOOC(=O)CCCCC. The molecule has 94 valence electrons. The van der Waals surface area contributed by atoms with E-state index in [-0.39, 0.29) is 5.97 Å². The minimum absolute atomic E-state index is 0.258. The first-order valence-corrected chi connectivity index (χ1v) is 6.28. The fraction of sp³-hybridized carbons (Fsp3) is 0.769. The second kappa shape index (κ2) is 12.2. The Bertz CT molecular complexity index is 188. The molecule has 16 heavy (non-hydrogen) atoms. The number of rotatable bonds is 10. The Balaban J connectivity index is 3.21. The van der Waals surface area contributed by atoms with Crippen molar-refractivity contribution < 1.29 is 14.6 Å². The first kappa shape index (κ1) is 15.2. The fourth-order valence-corrected chi connectivity index (χ4v) is 1.19. The van der Waals surface area contributed by atoms with E-state index in [4.69, 9.17) is 4.89 Å². The van der Waals surface area contributed by atoms with Crippen LogP contribution < -0.4 is 0 Å². The van der Waals surface area contributed by atoms with E-state index >= 15 is 0 Å². The Kier molecular flexibility index (Phi) is 11.6. The van der Waals surface area contributed by atoms with E-state index in [2.05, 4.69) is 30.9 Å². The first-order chi connectivity index (χ1) is 7.81. The molecule has 0 bridgehead atoms. The van der Waals surface area contributed by atoms with Crippen LogP contribution in [-0.4, -0.2) is 12.6 Å². The van der Waals surface area contributed by atoms with Crippen molar-refractivity contribution in [2.75, 3.05) is 6.61 Å². The number of unbranched alkanes of at least 4 members (excludes halogenated alkanes) is 3. The van der Waals surface area contributed by atoms with Crippen LogP contribution in [0.1, 0.15) is 58.8 Å². The molecule has 0 aromatic carbocycles. The van der Waals surface area contributed by atoms with E-state index in [1.54, 1.807) is 0 Å². The molecule has 0 spiro atoms. The maximum absolute atomic E-state index is 11.1. The fourth-order valence-electron chi connectivity index (χ4n) is 1.19. The molecule has 0 saturated heterocycles. The standard InChI is InChI=1S/C13H24O3/c1-3-5-7-8-10-12-15-16-13(14)11-9-6-4-2/h7-8H,3-6,9-12H2,1-2H3/b8-7-. The third-order valence-electron chi connectivity index (χ3n) is 2.13. The molecule has 3 heteroatoms. The third kappa shape index (κ3) is 11.2. The molecule has 0 fully saturated rings. The summed E-state index contributed by atoms with van der Waals surface area (Å²) in [6, 6.07) is 0. The molecule has 0 heterocycles. The van der Waals surface area contributed by atoms with Gasteiger partial charge in [0.25, 0.3) is 0 Å². The smallest absolute Gasteiger partial charge is 0.298 e. The Hall–Kier alpha value is -0.830.